The average molecular weight is 511 g/mol. The van der Waals surface area contributed by atoms with E-state index in [-0.39, 0.29) is 17.4 Å². The van der Waals surface area contributed by atoms with Crippen LogP contribution in [-0.4, -0.2) is 48.9 Å². The number of hydrogen-bond acceptors (Lipinski definition) is 3. The maximum absolute atomic E-state index is 13.0. The van der Waals surface area contributed by atoms with Crippen LogP contribution < -0.4 is 5.73 Å². The number of halogens is 2. The number of amides is 1. The summed E-state index contributed by atoms with van der Waals surface area (Å²) in [5.74, 6) is 0.158. The van der Waals surface area contributed by atoms with Gasteiger partial charge in [-0.3, -0.25) is 4.79 Å². The van der Waals surface area contributed by atoms with E-state index >= 15 is 0 Å². The molecular formula is C29H33Cl2N3O. The Kier molecular flexibility index (Phi) is 8.51. The molecular weight excluding hydrogens is 477 g/mol. The molecule has 1 atom stereocenters. The SMILES string of the molecule is CN(CC(CCN1CCC(N)(c2ccccc2)CC1)c1ccc(Cl)c(Cl)c1)C(=O)c1ccccc1. The van der Waals surface area contributed by atoms with Gasteiger partial charge in [-0.15, -0.1) is 0 Å². The standard InChI is InChI=1S/C29H33Cl2N3O/c1-33(28(35)22-8-4-2-5-9-22)21-24(23-12-13-26(30)27(31)20-23)14-17-34-18-15-29(32,16-19-34)25-10-6-3-7-11-25/h2-13,20,24H,14-19,21,32H2,1H3. The summed E-state index contributed by atoms with van der Waals surface area (Å²) in [5, 5.41) is 1.08. The summed E-state index contributed by atoms with van der Waals surface area (Å²) in [5.41, 5.74) is 9.53. The third-order valence-corrected chi connectivity index (χ3v) is 7.91. The molecule has 2 N–H and O–H groups in total. The van der Waals surface area contributed by atoms with Gasteiger partial charge >= 0.3 is 0 Å². The van der Waals surface area contributed by atoms with Gasteiger partial charge < -0.3 is 15.5 Å². The Morgan fingerprint density at radius 2 is 1.60 bits per heavy atom. The summed E-state index contributed by atoms with van der Waals surface area (Å²) < 4.78 is 0. The summed E-state index contributed by atoms with van der Waals surface area (Å²) >= 11 is 12.5. The predicted molar refractivity (Wildman–Crippen MR) is 145 cm³/mol. The summed E-state index contributed by atoms with van der Waals surface area (Å²) in [6, 6.07) is 25.6. The average Bonchev–Trinajstić information content (AvgIpc) is 2.89. The number of rotatable bonds is 8. The normalized spacial score (nSPS) is 16.6. The van der Waals surface area contributed by atoms with E-state index in [2.05, 4.69) is 29.2 Å². The van der Waals surface area contributed by atoms with Crippen LogP contribution in [0.5, 0.6) is 0 Å². The Balaban J connectivity index is 1.42. The van der Waals surface area contributed by atoms with Crippen LogP contribution in [0.2, 0.25) is 10.0 Å². The van der Waals surface area contributed by atoms with Crippen molar-refractivity contribution >= 4 is 29.1 Å². The molecule has 3 aromatic carbocycles. The molecule has 6 heteroatoms. The van der Waals surface area contributed by atoms with Gasteiger partial charge in [-0.25, -0.2) is 0 Å². The molecule has 1 aliphatic rings. The number of nitrogens with zero attached hydrogens (tertiary/aromatic N) is 2. The number of carbonyl (C=O) groups excluding carboxylic acids is 1. The van der Waals surface area contributed by atoms with E-state index in [1.807, 2.05) is 61.6 Å². The van der Waals surface area contributed by atoms with Crippen LogP contribution in [-0.2, 0) is 5.54 Å². The van der Waals surface area contributed by atoms with Crippen LogP contribution in [0, 0.1) is 0 Å². The Labute approximate surface area is 218 Å². The van der Waals surface area contributed by atoms with E-state index in [1.165, 1.54) is 5.56 Å². The highest BCUT2D eigenvalue weighted by molar-refractivity contribution is 6.42. The van der Waals surface area contributed by atoms with Gasteiger partial charge in [0.05, 0.1) is 10.0 Å². The highest BCUT2D eigenvalue weighted by Gasteiger charge is 2.32. The third kappa shape index (κ3) is 6.45. The highest BCUT2D eigenvalue weighted by Crippen LogP contribution is 2.32. The first-order valence-electron chi connectivity index (χ1n) is 12.2. The highest BCUT2D eigenvalue weighted by atomic mass is 35.5. The largest absolute Gasteiger partial charge is 0.341 e. The number of hydrogen-bond donors (Lipinski definition) is 1. The summed E-state index contributed by atoms with van der Waals surface area (Å²) in [6.07, 6.45) is 2.77. The minimum absolute atomic E-state index is 0.0180. The van der Waals surface area contributed by atoms with Crippen molar-refractivity contribution in [1.29, 1.82) is 0 Å². The molecule has 1 unspecified atom stereocenters. The van der Waals surface area contributed by atoms with E-state index in [0.717, 1.165) is 44.5 Å². The maximum atomic E-state index is 13.0. The number of nitrogens with two attached hydrogens (primary N) is 1. The molecule has 35 heavy (non-hydrogen) atoms. The first-order valence-corrected chi connectivity index (χ1v) is 12.9. The van der Waals surface area contributed by atoms with Crippen LogP contribution in [0.4, 0.5) is 0 Å². The van der Waals surface area contributed by atoms with E-state index in [0.29, 0.717) is 22.2 Å². The van der Waals surface area contributed by atoms with Gasteiger partial charge in [-0.2, -0.15) is 0 Å². The molecule has 0 bridgehead atoms. The minimum atomic E-state index is -0.261. The van der Waals surface area contributed by atoms with Crippen molar-refractivity contribution in [3.63, 3.8) is 0 Å². The summed E-state index contributed by atoms with van der Waals surface area (Å²) in [6.45, 7) is 3.45. The fourth-order valence-corrected chi connectivity index (χ4v) is 5.22. The molecule has 0 radical (unpaired) electrons. The minimum Gasteiger partial charge on any atom is -0.341 e. The summed E-state index contributed by atoms with van der Waals surface area (Å²) in [7, 11) is 1.86. The Hall–Kier alpha value is -2.37. The van der Waals surface area contributed by atoms with Gasteiger partial charge in [-0.1, -0.05) is 77.8 Å². The van der Waals surface area contributed by atoms with Crippen molar-refractivity contribution in [2.24, 2.45) is 5.73 Å². The van der Waals surface area contributed by atoms with Crippen molar-refractivity contribution in [3.05, 3.63) is 106 Å². The number of likely N-dealkylation sites (tertiary alicyclic amines) is 1. The fourth-order valence-electron chi connectivity index (χ4n) is 4.92. The maximum Gasteiger partial charge on any atom is 0.253 e. The van der Waals surface area contributed by atoms with E-state index < -0.39 is 0 Å². The van der Waals surface area contributed by atoms with Crippen LogP contribution in [0.3, 0.4) is 0 Å². The molecule has 1 fully saturated rings. The molecule has 1 amide bonds. The van der Waals surface area contributed by atoms with E-state index in [1.54, 1.807) is 4.90 Å². The molecule has 184 valence electrons. The van der Waals surface area contributed by atoms with Crippen molar-refractivity contribution in [3.8, 4) is 0 Å². The van der Waals surface area contributed by atoms with Gasteiger partial charge in [0.2, 0.25) is 0 Å². The third-order valence-electron chi connectivity index (χ3n) is 7.17. The van der Waals surface area contributed by atoms with Crippen molar-refractivity contribution in [2.45, 2.75) is 30.7 Å². The lowest BCUT2D eigenvalue weighted by molar-refractivity contribution is 0.0780. The Morgan fingerprint density at radius 1 is 0.971 bits per heavy atom. The van der Waals surface area contributed by atoms with Crippen LogP contribution in [0.25, 0.3) is 0 Å². The number of piperidine rings is 1. The topological polar surface area (TPSA) is 49.6 Å². The monoisotopic (exact) mass is 509 g/mol. The Bertz CT molecular complexity index is 1120. The lowest BCUT2D eigenvalue weighted by atomic mass is 9.82. The van der Waals surface area contributed by atoms with Crippen LogP contribution in [0.15, 0.2) is 78.9 Å². The quantitative estimate of drug-likeness (QED) is 0.393. The molecule has 1 saturated heterocycles. The molecule has 4 rings (SSSR count). The zero-order valence-corrected chi connectivity index (χ0v) is 21.7. The number of likely N-dealkylation sites (N-methyl/N-ethyl adjacent to an activating group) is 1. The number of benzene rings is 3. The predicted octanol–water partition coefficient (Wildman–Crippen LogP) is 6.19. The van der Waals surface area contributed by atoms with E-state index in [9.17, 15) is 4.79 Å². The molecule has 3 aromatic rings. The molecule has 0 spiro atoms. The summed E-state index contributed by atoms with van der Waals surface area (Å²) in [4.78, 5) is 17.3. The van der Waals surface area contributed by atoms with Gasteiger partial charge in [0, 0.05) is 43.7 Å². The van der Waals surface area contributed by atoms with Crippen molar-refractivity contribution in [1.82, 2.24) is 9.80 Å². The molecule has 1 aliphatic heterocycles. The zero-order valence-electron chi connectivity index (χ0n) is 20.2. The molecule has 0 saturated carbocycles. The molecule has 0 aromatic heterocycles. The van der Waals surface area contributed by atoms with Crippen LogP contribution >= 0.6 is 23.2 Å². The van der Waals surface area contributed by atoms with Gasteiger partial charge in [0.1, 0.15) is 0 Å². The molecule has 4 nitrogen and oxygen atoms in total. The van der Waals surface area contributed by atoms with Gasteiger partial charge in [-0.05, 0) is 61.2 Å². The zero-order chi connectivity index (χ0) is 24.8. The first-order chi connectivity index (χ1) is 16.9. The van der Waals surface area contributed by atoms with Crippen LogP contribution in [0.1, 0.15) is 46.7 Å². The number of carbonyl (C=O) groups is 1. The second-order valence-corrected chi connectivity index (χ2v) is 10.4. The van der Waals surface area contributed by atoms with Crippen molar-refractivity contribution < 1.29 is 4.79 Å². The first kappa shape index (κ1) is 25.7. The Morgan fingerprint density at radius 3 is 2.23 bits per heavy atom. The van der Waals surface area contributed by atoms with E-state index in [4.69, 9.17) is 28.9 Å². The lowest BCUT2D eigenvalue weighted by Crippen LogP contribution is -2.48. The molecule has 0 aliphatic carbocycles. The van der Waals surface area contributed by atoms with Gasteiger partial charge in [0.25, 0.3) is 5.91 Å². The second kappa shape index (κ2) is 11.6. The second-order valence-electron chi connectivity index (χ2n) is 9.57. The van der Waals surface area contributed by atoms with Crippen molar-refractivity contribution in [2.75, 3.05) is 33.2 Å². The fraction of sp³-hybridized carbons (Fsp3) is 0.345. The lowest BCUT2D eigenvalue weighted by Gasteiger charge is -2.40. The van der Waals surface area contributed by atoms with Gasteiger partial charge in [0.15, 0.2) is 0 Å². The smallest absolute Gasteiger partial charge is 0.253 e. The molecule has 1 heterocycles.